The van der Waals surface area contributed by atoms with Gasteiger partial charge in [-0.3, -0.25) is 14.4 Å². The number of nitrogens with one attached hydrogen (secondary N) is 6. The van der Waals surface area contributed by atoms with Crippen LogP contribution in [0.5, 0.6) is 0 Å². The van der Waals surface area contributed by atoms with Gasteiger partial charge in [0.2, 0.25) is 17.7 Å². The highest BCUT2D eigenvalue weighted by Crippen LogP contribution is 2.28. The van der Waals surface area contributed by atoms with Crippen molar-refractivity contribution in [3.8, 4) is 0 Å². The first-order valence-electron chi connectivity index (χ1n) is 25.9. The molecule has 7 rings (SSSR count). The van der Waals surface area contributed by atoms with Crippen molar-refractivity contribution in [3.63, 3.8) is 0 Å². The van der Waals surface area contributed by atoms with Gasteiger partial charge in [-0.05, 0) is 87.5 Å². The molecule has 402 valence electrons. The lowest BCUT2D eigenvalue weighted by molar-refractivity contribution is -0.123. The predicted molar refractivity (Wildman–Crippen MR) is 297 cm³/mol. The molecule has 0 fully saturated rings. The van der Waals surface area contributed by atoms with Gasteiger partial charge in [-0.15, -0.1) is 0 Å². The summed E-state index contributed by atoms with van der Waals surface area (Å²) in [4.78, 5) is 82.7. The maximum Gasteiger partial charge on any atom is 0.408 e. The van der Waals surface area contributed by atoms with Crippen molar-refractivity contribution >= 4 is 36.0 Å². The number of alkyl carbamates (subject to hydrolysis) is 3. The Morgan fingerprint density at radius 2 is 0.526 bits per heavy atom. The van der Waals surface area contributed by atoms with Crippen molar-refractivity contribution in [2.24, 2.45) is 0 Å². The summed E-state index contributed by atoms with van der Waals surface area (Å²) in [5, 5.41) is 17.5. The lowest BCUT2D eigenvalue weighted by atomic mass is 9.87. The Morgan fingerprint density at radius 1 is 0.321 bits per heavy atom. The van der Waals surface area contributed by atoms with Crippen molar-refractivity contribution in [2.75, 3.05) is 0 Å². The molecule has 7 aromatic rings. The lowest BCUT2D eigenvalue weighted by Gasteiger charge is -2.25. The second kappa shape index (κ2) is 29.2. The smallest absolute Gasteiger partial charge is 0.408 e. The topological polar surface area (TPSA) is 202 Å². The summed E-state index contributed by atoms with van der Waals surface area (Å²) >= 11 is 0. The van der Waals surface area contributed by atoms with Gasteiger partial charge < -0.3 is 46.1 Å². The number of ether oxygens (including phenoxy) is 3. The molecule has 0 aliphatic rings. The van der Waals surface area contributed by atoms with E-state index in [1.54, 1.807) is 0 Å². The molecule has 0 bridgehead atoms. The molecule has 6 N–H and O–H groups in total. The van der Waals surface area contributed by atoms with E-state index in [4.69, 9.17) is 14.2 Å². The maximum atomic E-state index is 14.3. The molecule has 7 aromatic carbocycles. The molecule has 0 saturated heterocycles. The molecule has 3 unspecified atom stereocenters. The van der Waals surface area contributed by atoms with Crippen LogP contribution in [0.1, 0.15) is 66.8 Å². The fourth-order valence-electron chi connectivity index (χ4n) is 8.98. The lowest BCUT2D eigenvalue weighted by Crippen LogP contribution is -2.48. The molecule has 0 aliphatic heterocycles. The normalized spacial score (nSPS) is 11.9. The van der Waals surface area contributed by atoms with Gasteiger partial charge in [0, 0.05) is 38.9 Å². The van der Waals surface area contributed by atoms with Crippen LogP contribution in [-0.2, 0) is 87.3 Å². The zero-order valence-electron chi connectivity index (χ0n) is 44.1. The average molecular weight is 1050 g/mol. The number of rotatable bonds is 24. The van der Waals surface area contributed by atoms with Crippen molar-refractivity contribution in [2.45, 2.75) is 97.6 Å². The van der Waals surface area contributed by atoms with Gasteiger partial charge >= 0.3 is 18.3 Å². The fourth-order valence-corrected chi connectivity index (χ4v) is 8.98. The van der Waals surface area contributed by atoms with E-state index < -0.39 is 54.1 Å². The second-order valence-electron chi connectivity index (χ2n) is 18.8. The largest absolute Gasteiger partial charge is 0.445 e. The Labute approximate surface area is 455 Å². The van der Waals surface area contributed by atoms with Crippen LogP contribution in [0, 0.1) is 20.8 Å². The molecule has 0 radical (unpaired) electrons. The minimum atomic E-state index is -1.03. The standard InChI is InChI=1S/C63H66N6O9/c1-43-52(37-64-58(70)55(34-46-22-10-4-11-23-46)67-61(73)76-40-49-28-16-7-17-29-49)44(2)54(39-66-60(72)57(36-48-26-14-6-15-27-48)69-63(75)78-42-51-32-20-9-21-33-51)45(3)53(43)38-65-59(71)56(35-47-24-12-5-13-25-47)68-62(74)77-41-50-30-18-8-19-31-50/h4-33,55-57H,34-42H2,1-3H3,(H,64,70)(H,65,71)(H,66,72)(H,67,73)(H,68,74)(H,69,75). The fraction of sp³-hybridized carbons (Fsp3) is 0.238. The van der Waals surface area contributed by atoms with Gasteiger partial charge in [0.1, 0.15) is 37.9 Å². The summed E-state index contributed by atoms with van der Waals surface area (Å²) in [6.07, 6.45) is -1.77. The molecule has 15 nitrogen and oxygen atoms in total. The van der Waals surface area contributed by atoms with E-state index in [2.05, 4.69) is 31.9 Å². The van der Waals surface area contributed by atoms with Gasteiger partial charge in [-0.1, -0.05) is 182 Å². The Hall–Kier alpha value is -9.24. The minimum absolute atomic E-state index is 0.00158. The number of hydrogen-bond donors (Lipinski definition) is 6. The maximum absolute atomic E-state index is 14.3. The zero-order chi connectivity index (χ0) is 55.1. The molecule has 78 heavy (non-hydrogen) atoms. The summed E-state index contributed by atoms with van der Waals surface area (Å²) < 4.78 is 16.6. The van der Waals surface area contributed by atoms with Gasteiger partial charge in [0.25, 0.3) is 0 Å². The van der Waals surface area contributed by atoms with Crippen LogP contribution in [0.2, 0.25) is 0 Å². The molecule has 0 spiro atoms. The number of benzene rings is 7. The van der Waals surface area contributed by atoms with Crippen LogP contribution in [0.4, 0.5) is 14.4 Å². The van der Waals surface area contributed by atoms with E-state index in [0.717, 1.165) is 50.1 Å². The number of carbonyl (C=O) groups is 6. The third kappa shape index (κ3) is 17.4. The highest BCUT2D eigenvalue weighted by molar-refractivity contribution is 5.87. The van der Waals surface area contributed by atoms with Crippen LogP contribution in [-0.4, -0.2) is 54.1 Å². The van der Waals surface area contributed by atoms with E-state index in [0.29, 0.717) is 16.7 Å². The SMILES string of the molecule is Cc1c(CNC(=O)C(Cc2ccccc2)NC(=O)OCc2ccccc2)c(C)c(CNC(=O)C(Cc2ccccc2)NC(=O)OCc2ccccc2)c(C)c1CNC(=O)C(Cc1ccccc1)NC(=O)OCc1ccccc1. The Balaban J connectivity index is 1.14. The van der Waals surface area contributed by atoms with Crippen molar-refractivity contribution in [1.29, 1.82) is 0 Å². The molecule has 0 aromatic heterocycles. The molecule has 3 atom stereocenters. The Kier molecular flexibility index (Phi) is 21.1. The van der Waals surface area contributed by atoms with E-state index >= 15 is 0 Å². The van der Waals surface area contributed by atoms with Gasteiger partial charge in [-0.2, -0.15) is 0 Å². The van der Waals surface area contributed by atoms with E-state index in [1.807, 2.05) is 203 Å². The first-order valence-corrected chi connectivity index (χ1v) is 25.9. The number of amides is 6. The van der Waals surface area contributed by atoms with Crippen LogP contribution in [0.15, 0.2) is 182 Å². The summed E-state index contributed by atoms with van der Waals surface area (Å²) in [6.45, 7) is 5.72. The summed E-state index contributed by atoms with van der Waals surface area (Å²) in [5.74, 6) is -1.41. The predicted octanol–water partition coefficient (Wildman–Crippen LogP) is 9.07. The molecule has 0 saturated carbocycles. The first kappa shape index (κ1) is 56.5. The monoisotopic (exact) mass is 1050 g/mol. The quantitative estimate of drug-likeness (QED) is 0.0319. The van der Waals surface area contributed by atoms with Crippen LogP contribution in [0.3, 0.4) is 0 Å². The Morgan fingerprint density at radius 3 is 0.744 bits per heavy atom. The van der Waals surface area contributed by atoms with Crippen molar-refractivity contribution in [3.05, 3.63) is 249 Å². The molecular formula is C63H66N6O9. The zero-order valence-corrected chi connectivity index (χ0v) is 44.1. The molecule has 6 amide bonds. The van der Waals surface area contributed by atoms with Crippen LogP contribution >= 0.6 is 0 Å². The van der Waals surface area contributed by atoms with Gasteiger partial charge in [0.05, 0.1) is 0 Å². The number of carbonyl (C=O) groups excluding carboxylic acids is 6. The summed E-state index contributed by atoms with van der Waals surface area (Å²) in [7, 11) is 0. The third-order valence-electron chi connectivity index (χ3n) is 13.3. The molecule has 0 heterocycles. The van der Waals surface area contributed by atoms with Crippen molar-refractivity contribution < 1.29 is 43.0 Å². The second-order valence-corrected chi connectivity index (χ2v) is 18.8. The minimum Gasteiger partial charge on any atom is -0.445 e. The molecule has 0 aliphatic carbocycles. The molecule has 15 heteroatoms. The van der Waals surface area contributed by atoms with Gasteiger partial charge in [-0.25, -0.2) is 14.4 Å². The van der Waals surface area contributed by atoms with Crippen LogP contribution in [0.25, 0.3) is 0 Å². The Bertz CT molecular complexity index is 2730. The highest BCUT2D eigenvalue weighted by Gasteiger charge is 2.28. The summed E-state index contributed by atoms with van der Waals surface area (Å²) in [5.41, 5.74) is 9.20. The third-order valence-corrected chi connectivity index (χ3v) is 13.3. The van der Waals surface area contributed by atoms with Crippen molar-refractivity contribution in [1.82, 2.24) is 31.9 Å². The van der Waals surface area contributed by atoms with Crippen LogP contribution < -0.4 is 31.9 Å². The van der Waals surface area contributed by atoms with E-state index in [9.17, 15) is 28.8 Å². The first-order chi connectivity index (χ1) is 37.9. The number of hydrogen-bond acceptors (Lipinski definition) is 9. The van der Waals surface area contributed by atoms with Gasteiger partial charge in [0.15, 0.2) is 0 Å². The average Bonchev–Trinajstić information content (AvgIpc) is 3.52. The molecular weight excluding hydrogens is 985 g/mol. The highest BCUT2D eigenvalue weighted by atomic mass is 16.6. The van der Waals surface area contributed by atoms with E-state index in [-0.39, 0.29) is 58.7 Å². The summed E-state index contributed by atoms with van der Waals surface area (Å²) in [6, 6.07) is 52.5. The van der Waals surface area contributed by atoms with E-state index in [1.165, 1.54) is 0 Å².